The number of imide groups is 1. The number of hydrogen-bond donors (Lipinski definition) is 1. The van der Waals surface area contributed by atoms with Gasteiger partial charge in [-0.25, -0.2) is 4.39 Å². The highest BCUT2D eigenvalue weighted by Gasteiger charge is 2.33. The van der Waals surface area contributed by atoms with Crippen LogP contribution in [0.3, 0.4) is 0 Å². The van der Waals surface area contributed by atoms with Crippen molar-refractivity contribution in [1.82, 2.24) is 10.2 Å². The highest BCUT2D eigenvalue weighted by atomic mass is 19.1. The number of benzene rings is 1. The molecule has 7 nitrogen and oxygen atoms in total. The molecular weight excluding hydrogens is 331 g/mol. The van der Waals surface area contributed by atoms with E-state index >= 15 is 0 Å². The van der Waals surface area contributed by atoms with Crippen molar-refractivity contribution in [2.75, 3.05) is 7.05 Å². The number of ether oxygens (including phenoxy) is 1. The van der Waals surface area contributed by atoms with Gasteiger partial charge in [0.2, 0.25) is 11.8 Å². The van der Waals surface area contributed by atoms with Crippen molar-refractivity contribution in [2.45, 2.75) is 38.8 Å². The molecule has 0 bridgehead atoms. The number of halogens is 1. The largest absolute Gasteiger partial charge is 0.488 e. The average Bonchev–Trinajstić information content (AvgIpc) is 2.54. The van der Waals surface area contributed by atoms with E-state index in [1.807, 2.05) is 0 Å². The van der Waals surface area contributed by atoms with Crippen LogP contribution in [-0.4, -0.2) is 48.1 Å². The van der Waals surface area contributed by atoms with Gasteiger partial charge in [-0.3, -0.25) is 24.5 Å². The third-order valence-corrected chi connectivity index (χ3v) is 3.82. The smallest absolute Gasteiger partial charge is 0.255 e. The van der Waals surface area contributed by atoms with Gasteiger partial charge in [0.05, 0.1) is 11.7 Å². The van der Waals surface area contributed by atoms with Crippen molar-refractivity contribution < 1.29 is 28.3 Å². The number of carbonyl (C=O) groups excluding carboxylic acids is 4. The maximum Gasteiger partial charge on any atom is 0.255 e. The van der Waals surface area contributed by atoms with E-state index in [-0.39, 0.29) is 35.8 Å². The normalized spacial score (nSPS) is 17.2. The molecule has 3 amide bonds. The number of likely N-dealkylation sites (N-methyl/N-ethyl adjacent to an activating group) is 1. The van der Waals surface area contributed by atoms with Gasteiger partial charge in [0.25, 0.3) is 5.91 Å². The molecule has 0 saturated carbocycles. The molecule has 0 aromatic heterocycles. The quantitative estimate of drug-likeness (QED) is 0.638. The summed E-state index contributed by atoms with van der Waals surface area (Å²) in [6, 6.07) is 1.22. The van der Waals surface area contributed by atoms with Crippen LogP contribution < -0.4 is 10.1 Å². The highest BCUT2D eigenvalue weighted by Crippen LogP contribution is 2.25. The third kappa shape index (κ3) is 4.01. The van der Waals surface area contributed by atoms with Crippen molar-refractivity contribution in [2.24, 2.45) is 0 Å². The summed E-state index contributed by atoms with van der Waals surface area (Å²) in [4.78, 5) is 48.1. The Labute approximate surface area is 144 Å². The van der Waals surface area contributed by atoms with Gasteiger partial charge in [-0.1, -0.05) is 0 Å². The molecule has 1 heterocycles. The fourth-order valence-corrected chi connectivity index (χ4v) is 2.58. The zero-order valence-electron chi connectivity index (χ0n) is 14.2. The lowest BCUT2D eigenvalue weighted by atomic mass is 10.0. The minimum absolute atomic E-state index is 0.0406. The molecule has 1 aromatic rings. The Hall–Kier alpha value is -2.77. The minimum Gasteiger partial charge on any atom is -0.488 e. The number of nitrogens with one attached hydrogen (secondary N) is 1. The summed E-state index contributed by atoms with van der Waals surface area (Å²) >= 11 is 0. The molecule has 1 atom stereocenters. The van der Waals surface area contributed by atoms with Crippen LogP contribution in [0.2, 0.25) is 0 Å². The van der Waals surface area contributed by atoms with Gasteiger partial charge in [0.15, 0.2) is 17.9 Å². The predicted molar refractivity (Wildman–Crippen MR) is 85.8 cm³/mol. The predicted octanol–water partition coefficient (Wildman–Crippen LogP) is 1.30. The van der Waals surface area contributed by atoms with E-state index in [4.69, 9.17) is 4.74 Å². The first-order valence-corrected chi connectivity index (χ1v) is 7.80. The lowest BCUT2D eigenvalue weighted by molar-refractivity contribution is -0.136. The number of piperidine rings is 1. The summed E-state index contributed by atoms with van der Waals surface area (Å²) in [5.74, 6) is -2.60. The third-order valence-electron chi connectivity index (χ3n) is 3.82. The summed E-state index contributed by atoms with van der Waals surface area (Å²) < 4.78 is 19.5. The molecule has 1 unspecified atom stereocenters. The van der Waals surface area contributed by atoms with Gasteiger partial charge in [0.1, 0.15) is 6.04 Å². The molecule has 1 aromatic carbocycles. The van der Waals surface area contributed by atoms with E-state index in [0.717, 1.165) is 17.0 Å². The Morgan fingerprint density at radius 3 is 2.64 bits per heavy atom. The van der Waals surface area contributed by atoms with Crippen molar-refractivity contribution in [1.29, 1.82) is 0 Å². The average molecular weight is 350 g/mol. The lowest BCUT2D eigenvalue weighted by Gasteiger charge is -2.30. The second-order valence-corrected chi connectivity index (χ2v) is 6.04. The van der Waals surface area contributed by atoms with Crippen molar-refractivity contribution in [3.8, 4) is 5.75 Å². The van der Waals surface area contributed by atoms with Crippen LogP contribution in [0, 0.1) is 5.82 Å². The monoisotopic (exact) mass is 350 g/mol. The molecule has 1 aliphatic rings. The van der Waals surface area contributed by atoms with Crippen LogP contribution in [-0.2, 0) is 9.59 Å². The maximum absolute atomic E-state index is 14.2. The lowest BCUT2D eigenvalue weighted by Crippen LogP contribution is -2.53. The van der Waals surface area contributed by atoms with Crippen LogP contribution in [0.15, 0.2) is 12.1 Å². The SMILES string of the molecule is CC(C)Oc1cc(C=O)c(C(=O)N(C)C2CCC(=O)NC2=O)cc1F. The van der Waals surface area contributed by atoms with Gasteiger partial charge in [-0.2, -0.15) is 0 Å². The van der Waals surface area contributed by atoms with E-state index < -0.39 is 29.6 Å². The first-order chi connectivity index (χ1) is 11.7. The Kier molecular flexibility index (Phi) is 5.51. The van der Waals surface area contributed by atoms with Gasteiger partial charge in [-0.05, 0) is 32.4 Å². The molecule has 1 fully saturated rings. The van der Waals surface area contributed by atoms with E-state index in [2.05, 4.69) is 5.32 Å². The Morgan fingerprint density at radius 1 is 1.40 bits per heavy atom. The summed E-state index contributed by atoms with van der Waals surface area (Å²) in [5.41, 5.74) is -0.211. The second kappa shape index (κ2) is 7.42. The standard InChI is InChI=1S/C17H19FN2O5/c1-9(2)25-14-6-10(8-21)11(7-12(14)18)17(24)20(3)13-4-5-15(22)19-16(13)23/h6-9,13H,4-5H2,1-3H3,(H,19,22,23). The molecular formula is C17H19FN2O5. The molecule has 25 heavy (non-hydrogen) atoms. The van der Waals surface area contributed by atoms with Crippen LogP contribution in [0.5, 0.6) is 5.75 Å². The first-order valence-electron chi connectivity index (χ1n) is 7.80. The first kappa shape index (κ1) is 18.6. The molecule has 0 spiro atoms. The number of nitrogens with zero attached hydrogens (tertiary/aromatic N) is 1. The molecule has 2 rings (SSSR count). The van der Waals surface area contributed by atoms with Crippen LogP contribution >= 0.6 is 0 Å². The number of hydrogen-bond acceptors (Lipinski definition) is 5. The van der Waals surface area contributed by atoms with Crippen LogP contribution in [0.1, 0.15) is 47.4 Å². The zero-order chi connectivity index (χ0) is 18.7. The summed E-state index contributed by atoms with van der Waals surface area (Å²) in [5, 5.41) is 2.15. The zero-order valence-corrected chi connectivity index (χ0v) is 14.2. The topological polar surface area (TPSA) is 92.8 Å². The fraction of sp³-hybridized carbons (Fsp3) is 0.412. The van der Waals surface area contributed by atoms with E-state index in [0.29, 0.717) is 6.29 Å². The second-order valence-electron chi connectivity index (χ2n) is 6.04. The molecule has 1 aliphatic heterocycles. The molecule has 0 radical (unpaired) electrons. The Balaban J connectivity index is 2.31. The molecule has 134 valence electrons. The maximum atomic E-state index is 14.2. The highest BCUT2D eigenvalue weighted by molar-refractivity contribution is 6.06. The molecule has 1 saturated heterocycles. The number of carbonyl (C=O) groups is 4. The number of rotatable bonds is 5. The van der Waals surface area contributed by atoms with Gasteiger partial charge in [0, 0.05) is 19.0 Å². The van der Waals surface area contributed by atoms with Gasteiger partial charge in [-0.15, -0.1) is 0 Å². The Bertz CT molecular complexity index is 732. The van der Waals surface area contributed by atoms with Crippen LogP contribution in [0.4, 0.5) is 4.39 Å². The van der Waals surface area contributed by atoms with Crippen molar-refractivity contribution in [3.05, 3.63) is 29.1 Å². The minimum atomic E-state index is -0.862. The fourth-order valence-electron chi connectivity index (χ4n) is 2.58. The summed E-state index contributed by atoms with van der Waals surface area (Å²) in [7, 11) is 1.37. The van der Waals surface area contributed by atoms with Gasteiger partial charge < -0.3 is 9.64 Å². The van der Waals surface area contributed by atoms with Crippen molar-refractivity contribution >= 4 is 24.0 Å². The van der Waals surface area contributed by atoms with E-state index in [1.165, 1.54) is 7.05 Å². The molecule has 8 heteroatoms. The molecule has 0 aliphatic carbocycles. The summed E-state index contributed by atoms with van der Waals surface area (Å²) in [6.45, 7) is 3.41. The molecule has 1 N–H and O–H groups in total. The Morgan fingerprint density at radius 2 is 2.08 bits per heavy atom. The van der Waals surface area contributed by atoms with E-state index in [9.17, 15) is 23.6 Å². The van der Waals surface area contributed by atoms with E-state index in [1.54, 1.807) is 13.8 Å². The van der Waals surface area contributed by atoms with Crippen molar-refractivity contribution in [3.63, 3.8) is 0 Å². The van der Waals surface area contributed by atoms with Crippen LogP contribution in [0.25, 0.3) is 0 Å². The summed E-state index contributed by atoms with van der Waals surface area (Å²) in [6.07, 6.45) is 0.393. The number of aldehydes is 1. The number of amides is 3. The van der Waals surface area contributed by atoms with Gasteiger partial charge >= 0.3 is 0 Å².